The van der Waals surface area contributed by atoms with Crippen molar-refractivity contribution in [3.8, 4) is 0 Å². The van der Waals surface area contributed by atoms with Crippen molar-refractivity contribution in [1.29, 1.82) is 0 Å². The number of carbonyl (C=O) groups is 1. The molecule has 16 heavy (non-hydrogen) atoms. The van der Waals surface area contributed by atoms with Gasteiger partial charge in [0, 0.05) is 25.3 Å². The summed E-state index contributed by atoms with van der Waals surface area (Å²) in [5.41, 5.74) is 6.62. The van der Waals surface area contributed by atoms with Crippen molar-refractivity contribution < 1.29 is 4.79 Å². The van der Waals surface area contributed by atoms with Gasteiger partial charge in [-0.2, -0.15) is 5.10 Å². The van der Waals surface area contributed by atoms with E-state index in [2.05, 4.69) is 10.2 Å². The first-order valence-corrected chi connectivity index (χ1v) is 5.80. The molecular formula is C11H16N4O. The van der Waals surface area contributed by atoms with Crippen LogP contribution in [0.15, 0.2) is 12.3 Å². The lowest BCUT2D eigenvalue weighted by molar-refractivity contribution is 0.0773. The smallest absolute Gasteiger partial charge is 0.271 e. The van der Waals surface area contributed by atoms with E-state index in [-0.39, 0.29) is 11.9 Å². The summed E-state index contributed by atoms with van der Waals surface area (Å²) in [6.07, 6.45) is 3.88. The number of aromatic nitrogens is 2. The number of hydrogen-bond donors (Lipinski definition) is 2. The molecule has 0 radical (unpaired) electrons. The zero-order valence-corrected chi connectivity index (χ0v) is 9.10. The highest BCUT2D eigenvalue weighted by atomic mass is 16.2. The van der Waals surface area contributed by atoms with Crippen LogP contribution < -0.4 is 5.73 Å². The maximum atomic E-state index is 12.1. The number of carbonyl (C=O) groups excluding carboxylic acids is 1. The molecule has 3 N–H and O–H groups in total. The second-order valence-electron chi connectivity index (χ2n) is 4.85. The average molecular weight is 220 g/mol. The highest BCUT2D eigenvalue weighted by molar-refractivity contribution is 5.92. The van der Waals surface area contributed by atoms with Gasteiger partial charge >= 0.3 is 0 Å². The maximum absolute atomic E-state index is 12.1. The van der Waals surface area contributed by atoms with Crippen LogP contribution in [-0.2, 0) is 0 Å². The fraction of sp³-hybridized carbons (Fsp3) is 0.636. The normalized spacial score (nSPS) is 33.1. The van der Waals surface area contributed by atoms with Crippen LogP contribution in [0.5, 0.6) is 0 Å². The molecule has 3 atom stereocenters. The lowest BCUT2D eigenvalue weighted by Gasteiger charge is -2.17. The number of nitrogens with zero attached hydrogens (tertiary/aromatic N) is 2. The second kappa shape index (κ2) is 3.59. The van der Waals surface area contributed by atoms with Crippen molar-refractivity contribution in [1.82, 2.24) is 15.1 Å². The van der Waals surface area contributed by atoms with Gasteiger partial charge in [-0.3, -0.25) is 9.89 Å². The first-order valence-electron chi connectivity index (χ1n) is 5.80. The number of fused-ring (bicyclic) bond motifs is 1. The van der Waals surface area contributed by atoms with Gasteiger partial charge < -0.3 is 10.6 Å². The summed E-state index contributed by atoms with van der Waals surface area (Å²) in [4.78, 5) is 14.0. The van der Waals surface area contributed by atoms with Gasteiger partial charge in [-0.05, 0) is 30.7 Å². The Morgan fingerprint density at radius 2 is 2.38 bits per heavy atom. The van der Waals surface area contributed by atoms with Gasteiger partial charge in [0.25, 0.3) is 5.91 Å². The Bertz CT molecular complexity index is 389. The minimum Gasteiger partial charge on any atom is -0.337 e. The molecule has 86 valence electrons. The van der Waals surface area contributed by atoms with Crippen molar-refractivity contribution in [3.05, 3.63) is 18.0 Å². The van der Waals surface area contributed by atoms with Crippen LogP contribution in [0.4, 0.5) is 0 Å². The number of nitrogens with one attached hydrogen (secondary N) is 1. The van der Waals surface area contributed by atoms with E-state index in [1.807, 2.05) is 4.90 Å². The molecule has 5 heteroatoms. The summed E-state index contributed by atoms with van der Waals surface area (Å²) in [6, 6.07) is 2.00. The number of H-pyrrole nitrogens is 1. The molecule has 5 nitrogen and oxygen atoms in total. The lowest BCUT2D eigenvalue weighted by atomic mass is 9.98. The van der Waals surface area contributed by atoms with Crippen molar-refractivity contribution in [2.45, 2.75) is 18.9 Å². The Labute approximate surface area is 94.0 Å². The summed E-state index contributed by atoms with van der Waals surface area (Å²) in [6.45, 7) is 1.67. The van der Waals surface area contributed by atoms with Crippen LogP contribution in [0.3, 0.4) is 0 Å². The van der Waals surface area contributed by atoms with Crippen molar-refractivity contribution in [2.75, 3.05) is 13.1 Å². The van der Waals surface area contributed by atoms with Crippen molar-refractivity contribution >= 4 is 5.91 Å². The summed E-state index contributed by atoms with van der Waals surface area (Å²) in [5, 5.41) is 6.52. The van der Waals surface area contributed by atoms with E-state index in [0.717, 1.165) is 19.5 Å². The maximum Gasteiger partial charge on any atom is 0.271 e. The predicted octanol–water partition coefficient (Wildman–Crippen LogP) is 0.219. The quantitative estimate of drug-likeness (QED) is 0.711. The minimum absolute atomic E-state index is 0.0547. The van der Waals surface area contributed by atoms with E-state index in [4.69, 9.17) is 5.73 Å². The number of aromatic amines is 1. The van der Waals surface area contributed by atoms with Crippen LogP contribution in [0, 0.1) is 11.8 Å². The van der Waals surface area contributed by atoms with Crippen LogP contribution >= 0.6 is 0 Å². The van der Waals surface area contributed by atoms with Gasteiger partial charge in [0.1, 0.15) is 5.69 Å². The second-order valence-corrected chi connectivity index (χ2v) is 4.85. The van der Waals surface area contributed by atoms with E-state index in [1.54, 1.807) is 12.3 Å². The van der Waals surface area contributed by atoms with Gasteiger partial charge in [0.05, 0.1) is 0 Å². The summed E-state index contributed by atoms with van der Waals surface area (Å²) >= 11 is 0. The third kappa shape index (κ3) is 1.43. The summed E-state index contributed by atoms with van der Waals surface area (Å²) in [7, 11) is 0. The van der Waals surface area contributed by atoms with Crippen molar-refractivity contribution in [3.63, 3.8) is 0 Å². The predicted molar refractivity (Wildman–Crippen MR) is 58.7 cm³/mol. The molecule has 3 unspecified atom stereocenters. The summed E-state index contributed by atoms with van der Waals surface area (Å²) in [5.74, 6) is 1.17. The molecule has 2 fully saturated rings. The average Bonchev–Trinajstić information content (AvgIpc) is 2.96. The summed E-state index contributed by atoms with van der Waals surface area (Å²) < 4.78 is 0. The van der Waals surface area contributed by atoms with Gasteiger partial charge in [0.15, 0.2) is 0 Å². The minimum atomic E-state index is 0.0547. The molecule has 2 aliphatic rings. The van der Waals surface area contributed by atoms with E-state index < -0.39 is 0 Å². The zero-order valence-electron chi connectivity index (χ0n) is 9.10. The molecule has 1 saturated heterocycles. The largest absolute Gasteiger partial charge is 0.337 e. The first-order chi connectivity index (χ1) is 7.75. The molecule has 2 heterocycles. The molecule has 1 saturated carbocycles. The topological polar surface area (TPSA) is 75.0 Å². The number of amides is 1. The molecular weight excluding hydrogens is 204 g/mol. The third-order valence-corrected chi connectivity index (χ3v) is 3.93. The van der Waals surface area contributed by atoms with Crippen LogP contribution in [-0.4, -0.2) is 40.1 Å². The molecule has 1 aliphatic heterocycles. The Kier molecular flexibility index (Phi) is 2.21. The SMILES string of the molecule is NC1CCC2CN(C(=O)c3ccn[nH]3)CC12. The highest BCUT2D eigenvalue weighted by Gasteiger charge is 2.42. The Morgan fingerprint density at radius 3 is 3.06 bits per heavy atom. The fourth-order valence-electron chi connectivity index (χ4n) is 3.02. The molecule has 1 aromatic rings. The van der Waals surface area contributed by atoms with E-state index >= 15 is 0 Å². The first kappa shape index (κ1) is 9.84. The molecule has 1 aliphatic carbocycles. The van der Waals surface area contributed by atoms with Gasteiger partial charge in [-0.25, -0.2) is 0 Å². The van der Waals surface area contributed by atoms with Crippen LogP contribution in [0.1, 0.15) is 23.3 Å². The molecule has 1 aromatic heterocycles. The Balaban J connectivity index is 1.73. The number of hydrogen-bond acceptors (Lipinski definition) is 3. The number of nitrogens with two attached hydrogens (primary N) is 1. The fourth-order valence-corrected chi connectivity index (χ4v) is 3.02. The van der Waals surface area contributed by atoms with Crippen LogP contribution in [0.25, 0.3) is 0 Å². The highest BCUT2D eigenvalue weighted by Crippen LogP contribution is 2.37. The zero-order chi connectivity index (χ0) is 11.1. The van der Waals surface area contributed by atoms with Gasteiger partial charge in [-0.1, -0.05) is 0 Å². The van der Waals surface area contributed by atoms with E-state index in [0.29, 0.717) is 17.5 Å². The number of likely N-dealkylation sites (tertiary alicyclic amines) is 1. The standard InChI is InChI=1S/C11H16N4O/c12-9-2-1-7-5-15(6-8(7)9)11(16)10-3-4-13-14-10/h3-4,7-9H,1-2,5-6,12H2,(H,13,14). The molecule has 0 bridgehead atoms. The van der Waals surface area contributed by atoms with Crippen LogP contribution in [0.2, 0.25) is 0 Å². The van der Waals surface area contributed by atoms with Gasteiger partial charge in [-0.15, -0.1) is 0 Å². The molecule has 0 aromatic carbocycles. The lowest BCUT2D eigenvalue weighted by Crippen LogP contribution is -2.33. The third-order valence-electron chi connectivity index (χ3n) is 3.93. The molecule has 3 rings (SSSR count). The van der Waals surface area contributed by atoms with Gasteiger partial charge in [0.2, 0.25) is 0 Å². The Hall–Kier alpha value is -1.36. The molecule has 1 amide bonds. The van der Waals surface area contributed by atoms with Crippen molar-refractivity contribution in [2.24, 2.45) is 17.6 Å². The monoisotopic (exact) mass is 220 g/mol. The van der Waals surface area contributed by atoms with E-state index in [1.165, 1.54) is 6.42 Å². The Morgan fingerprint density at radius 1 is 1.50 bits per heavy atom. The molecule has 0 spiro atoms. The van der Waals surface area contributed by atoms with E-state index in [9.17, 15) is 4.79 Å². The number of rotatable bonds is 1.